The maximum absolute atomic E-state index is 13.3. The van der Waals surface area contributed by atoms with Crippen LogP contribution in [0.2, 0.25) is 0 Å². The minimum atomic E-state index is -3.62. The van der Waals surface area contributed by atoms with Crippen LogP contribution in [-0.4, -0.2) is 36.7 Å². The van der Waals surface area contributed by atoms with E-state index in [0.29, 0.717) is 34.0 Å². The number of hydrogen-bond donors (Lipinski definition) is 1. The summed E-state index contributed by atoms with van der Waals surface area (Å²) in [5.74, 6) is 0.175. The first-order valence-electron chi connectivity index (χ1n) is 10.0. The van der Waals surface area contributed by atoms with Crippen molar-refractivity contribution in [2.24, 2.45) is 11.8 Å². The third kappa shape index (κ3) is 5.91. The van der Waals surface area contributed by atoms with Gasteiger partial charge >= 0.3 is 0 Å². The molecule has 1 N–H and O–H groups in total. The lowest BCUT2D eigenvalue weighted by Gasteiger charge is -2.25. The van der Waals surface area contributed by atoms with Gasteiger partial charge in [-0.25, -0.2) is 13.4 Å². The van der Waals surface area contributed by atoms with Gasteiger partial charge in [0.15, 0.2) is 5.13 Å². The Morgan fingerprint density at radius 2 is 1.77 bits per heavy atom. The van der Waals surface area contributed by atoms with Crippen LogP contribution in [0.4, 0.5) is 5.13 Å². The molecule has 31 heavy (non-hydrogen) atoms. The van der Waals surface area contributed by atoms with Gasteiger partial charge in [-0.05, 0) is 48.2 Å². The molecule has 9 heteroatoms. The number of amides is 1. The van der Waals surface area contributed by atoms with E-state index in [2.05, 4.69) is 26.2 Å². The molecule has 0 aliphatic carbocycles. The number of thiazole rings is 1. The largest absolute Gasteiger partial charge is 0.298 e. The number of hydrogen-bond acceptors (Lipinski definition) is 5. The number of fused-ring (bicyclic) bond motifs is 1. The molecule has 1 amide bonds. The Bertz CT molecular complexity index is 1180. The number of rotatable bonds is 8. The highest BCUT2D eigenvalue weighted by atomic mass is 79.9. The number of sulfonamides is 1. The van der Waals surface area contributed by atoms with Gasteiger partial charge in [0.2, 0.25) is 10.0 Å². The SMILES string of the molecule is CC(C)CN(CC(C)C)S(=O)(=O)c1ccc2nc(NC(=O)c3cccc(Br)c3)sc2c1. The summed E-state index contributed by atoms with van der Waals surface area (Å²) in [5.41, 5.74) is 1.16. The van der Waals surface area contributed by atoms with Crippen molar-refractivity contribution in [3.63, 3.8) is 0 Å². The topological polar surface area (TPSA) is 79.4 Å². The second kappa shape index (κ2) is 9.77. The lowest BCUT2D eigenvalue weighted by atomic mass is 10.2. The summed E-state index contributed by atoms with van der Waals surface area (Å²) in [5, 5.41) is 3.22. The number of carbonyl (C=O) groups excluding carboxylic acids is 1. The molecule has 3 rings (SSSR count). The third-order valence-corrected chi connectivity index (χ3v) is 7.70. The van der Waals surface area contributed by atoms with Crippen molar-refractivity contribution in [1.29, 1.82) is 0 Å². The highest BCUT2D eigenvalue weighted by molar-refractivity contribution is 9.10. The Balaban J connectivity index is 1.88. The van der Waals surface area contributed by atoms with Gasteiger partial charge in [-0.1, -0.05) is 61.0 Å². The first-order valence-corrected chi connectivity index (χ1v) is 13.1. The van der Waals surface area contributed by atoms with E-state index in [0.717, 1.165) is 4.47 Å². The van der Waals surface area contributed by atoms with Crippen LogP contribution in [0, 0.1) is 11.8 Å². The second-order valence-corrected chi connectivity index (χ2v) is 12.1. The van der Waals surface area contributed by atoms with E-state index in [4.69, 9.17) is 0 Å². The molecule has 1 aromatic heterocycles. The molecule has 166 valence electrons. The van der Waals surface area contributed by atoms with Crippen LogP contribution in [0.25, 0.3) is 10.2 Å². The Hall–Kier alpha value is -1.81. The minimum Gasteiger partial charge on any atom is -0.298 e. The molecular weight excluding hydrogens is 498 g/mol. The molecule has 0 unspecified atom stereocenters. The minimum absolute atomic E-state index is 0.223. The molecule has 0 saturated carbocycles. The summed E-state index contributed by atoms with van der Waals surface area (Å²) in [6, 6.07) is 12.0. The molecule has 6 nitrogen and oxygen atoms in total. The first-order chi connectivity index (χ1) is 14.6. The molecule has 1 heterocycles. The van der Waals surface area contributed by atoms with Crippen LogP contribution in [0.5, 0.6) is 0 Å². The number of anilines is 1. The molecule has 0 bridgehead atoms. The molecule has 0 spiro atoms. The van der Waals surface area contributed by atoms with Crippen LogP contribution in [-0.2, 0) is 10.0 Å². The first kappa shape index (κ1) is 23.8. The average molecular weight is 525 g/mol. The fraction of sp³-hybridized carbons (Fsp3) is 0.364. The number of nitrogens with zero attached hydrogens (tertiary/aromatic N) is 2. The van der Waals surface area contributed by atoms with E-state index in [1.54, 1.807) is 40.7 Å². The van der Waals surface area contributed by atoms with Gasteiger partial charge in [0.05, 0.1) is 15.1 Å². The van der Waals surface area contributed by atoms with Crippen LogP contribution in [0.3, 0.4) is 0 Å². The number of nitrogens with one attached hydrogen (secondary N) is 1. The fourth-order valence-corrected chi connectivity index (χ4v) is 6.32. The van der Waals surface area contributed by atoms with Gasteiger partial charge in [0, 0.05) is 23.1 Å². The normalized spacial score (nSPS) is 12.3. The van der Waals surface area contributed by atoms with Crippen molar-refractivity contribution >= 4 is 58.5 Å². The van der Waals surface area contributed by atoms with Crippen molar-refractivity contribution in [2.75, 3.05) is 18.4 Å². The van der Waals surface area contributed by atoms with Gasteiger partial charge in [0.1, 0.15) is 0 Å². The van der Waals surface area contributed by atoms with Crippen LogP contribution < -0.4 is 5.32 Å². The smallest absolute Gasteiger partial charge is 0.257 e. The van der Waals surface area contributed by atoms with Crippen molar-refractivity contribution in [3.8, 4) is 0 Å². The highest BCUT2D eigenvalue weighted by Crippen LogP contribution is 2.30. The van der Waals surface area contributed by atoms with Gasteiger partial charge < -0.3 is 0 Å². The monoisotopic (exact) mass is 523 g/mol. The fourth-order valence-electron chi connectivity index (χ4n) is 3.15. The van der Waals surface area contributed by atoms with E-state index in [-0.39, 0.29) is 22.6 Å². The third-order valence-electron chi connectivity index (χ3n) is 4.44. The van der Waals surface area contributed by atoms with Crippen molar-refractivity contribution in [1.82, 2.24) is 9.29 Å². The summed E-state index contributed by atoms with van der Waals surface area (Å²) in [7, 11) is -3.62. The Morgan fingerprint density at radius 3 is 2.39 bits per heavy atom. The number of halogens is 1. The van der Waals surface area contributed by atoms with Crippen LogP contribution in [0.1, 0.15) is 38.1 Å². The van der Waals surface area contributed by atoms with Crippen molar-refractivity contribution in [3.05, 3.63) is 52.5 Å². The van der Waals surface area contributed by atoms with Crippen LogP contribution >= 0.6 is 27.3 Å². The standard InChI is InChI=1S/C22H26BrN3O3S2/c1-14(2)12-26(13-15(3)4)31(28,29)18-8-9-19-20(11-18)30-22(24-19)25-21(27)16-6-5-7-17(23)10-16/h5-11,14-15H,12-13H2,1-4H3,(H,24,25,27). The second-order valence-electron chi connectivity index (χ2n) is 8.22. The summed E-state index contributed by atoms with van der Waals surface area (Å²) in [6.45, 7) is 8.97. The Labute approximate surface area is 195 Å². The maximum Gasteiger partial charge on any atom is 0.257 e. The summed E-state index contributed by atoms with van der Waals surface area (Å²) >= 11 is 4.61. The molecule has 0 aliphatic heterocycles. The lowest BCUT2D eigenvalue weighted by Crippen LogP contribution is -2.37. The molecule has 0 fully saturated rings. The molecule has 3 aromatic rings. The lowest BCUT2D eigenvalue weighted by molar-refractivity contribution is 0.102. The summed E-state index contributed by atoms with van der Waals surface area (Å²) in [4.78, 5) is 17.2. The van der Waals surface area contributed by atoms with Gasteiger partial charge in [-0.3, -0.25) is 10.1 Å². The van der Waals surface area contributed by atoms with Gasteiger partial charge in [-0.2, -0.15) is 4.31 Å². The van der Waals surface area contributed by atoms with E-state index >= 15 is 0 Å². The summed E-state index contributed by atoms with van der Waals surface area (Å²) < 4.78 is 29.6. The molecule has 0 radical (unpaired) electrons. The average Bonchev–Trinajstić information content (AvgIpc) is 3.08. The maximum atomic E-state index is 13.3. The van der Waals surface area contributed by atoms with Gasteiger partial charge in [-0.15, -0.1) is 0 Å². The van der Waals surface area contributed by atoms with Crippen molar-refractivity contribution < 1.29 is 13.2 Å². The zero-order chi connectivity index (χ0) is 22.8. The van der Waals surface area contributed by atoms with Crippen molar-refractivity contribution in [2.45, 2.75) is 32.6 Å². The Kier molecular flexibility index (Phi) is 7.51. The molecular formula is C22H26BrN3O3S2. The predicted octanol–water partition coefficient (Wildman–Crippen LogP) is 5.61. The number of benzene rings is 2. The van der Waals surface area contributed by atoms with E-state index < -0.39 is 10.0 Å². The molecule has 2 aromatic carbocycles. The summed E-state index contributed by atoms with van der Waals surface area (Å²) in [6.07, 6.45) is 0. The van der Waals surface area contributed by atoms with E-state index in [1.807, 2.05) is 33.8 Å². The number of aromatic nitrogens is 1. The van der Waals surface area contributed by atoms with Gasteiger partial charge in [0.25, 0.3) is 5.91 Å². The quantitative estimate of drug-likeness (QED) is 0.415. The Morgan fingerprint density at radius 1 is 1.10 bits per heavy atom. The zero-order valence-corrected chi connectivity index (χ0v) is 21.1. The highest BCUT2D eigenvalue weighted by Gasteiger charge is 2.26. The predicted molar refractivity (Wildman–Crippen MR) is 130 cm³/mol. The number of carbonyl (C=O) groups is 1. The molecule has 0 atom stereocenters. The van der Waals surface area contributed by atoms with E-state index in [1.165, 1.54) is 11.3 Å². The molecule has 0 saturated heterocycles. The molecule has 0 aliphatic rings. The zero-order valence-electron chi connectivity index (χ0n) is 17.9. The van der Waals surface area contributed by atoms with E-state index in [9.17, 15) is 13.2 Å². The van der Waals surface area contributed by atoms with Crippen LogP contribution in [0.15, 0.2) is 51.8 Å².